The van der Waals surface area contributed by atoms with Gasteiger partial charge in [0.15, 0.2) is 0 Å². The van der Waals surface area contributed by atoms with Crippen molar-refractivity contribution in [2.24, 2.45) is 0 Å². The summed E-state index contributed by atoms with van der Waals surface area (Å²) >= 11 is 0. The van der Waals surface area contributed by atoms with Crippen LogP contribution in [0.25, 0.3) is 0 Å². The van der Waals surface area contributed by atoms with Crippen molar-refractivity contribution in [3.05, 3.63) is 54.1 Å². The van der Waals surface area contributed by atoms with Crippen molar-refractivity contribution in [1.82, 2.24) is 10.6 Å². The van der Waals surface area contributed by atoms with Crippen LogP contribution >= 0.6 is 0 Å². The molecule has 2 amide bonds. The van der Waals surface area contributed by atoms with Crippen molar-refractivity contribution in [3.63, 3.8) is 0 Å². The molecule has 0 heterocycles. The maximum Gasteiger partial charge on any atom is 0.261 e. The maximum absolute atomic E-state index is 12.5. The van der Waals surface area contributed by atoms with Crippen LogP contribution < -0.4 is 20.1 Å². The molecule has 0 aliphatic carbocycles. The number of nitrogens with one attached hydrogen (secondary N) is 3. The Morgan fingerprint density at radius 1 is 0.967 bits per heavy atom. The fourth-order valence-corrected chi connectivity index (χ4v) is 3.57. The summed E-state index contributed by atoms with van der Waals surface area (Å²) in [5.41, 5.74) is 0.248. The Kier molecular flexibility index (Phi) is 7.44. The van der Waals surface area contributed by atoms with E-state index in [1.807, 2.05) is 27.7 Å². The predicted molar refractivity (Wildman–Crippen MR) is 115 cm³/mol. The standard InChI is InChI=1S/C21H27N3O5S/c1-5-29-17-10-8-16(9-11-17)24-30(27,28)18-12-6-15(7-13-18)20(26)22-14-19(25)23-21(2,3)4/h6-13,24H,5,14H2,1-4H3,(H,22,26)(H,23,25). The van der Waals surface area contributed by atoms with Crippen molar-refractivity contribution < 1.29 is 22.7 Å². The molecule has 0 fully saturated rings. The SMILES string of the molecule is CCOc1ccc(NS(=O)(=O)c2ccc(C(=O)NCC(=O)NC(C)(C)C)cc2)cc1. The summed E-state index contributed by atoms with van der Waals surface area (Å²) in [6, 6.07) is 12.0. The first kappa shape index (κ1) is 23.2. The summed E-state index contributed by atoms with van der Waals surface area (Å²) in [5.74, 6) is -0.135. The van der Waals surface area contributed by atoms with E-state index >= 15 is 0 Å². The summed E-state index contributed by atoms with van der Waals surface area (Å²) in [5, 5.41) is 5.25. The number of hydrogen-bond acceptors (Lipinski definition) is 5. The molecule has 30 heavy (non-hydrogen) atoms. The second-order valence-corrected chi connectivity index (χ2v) is 9.25. The molecule has 0 radical (unpaired) electrons. The van der Waals surface area contributed by atoms with Gasteiger partial charge in [0, 0.05) is 16.8 Å². The second kappa shape index (κ2) is 9.62. The summed E-state index contributed by atoms with van der Waals surface area (Å²) in [7, 11) is -3.81. The molecular formula is C21H27N3O5S. The molecule has 0 aliphatic heterocycles. The molecule has 0 aromatic heterocycles. The molecule has 2 rings (SSSR count). The Labute approximate surface area is 177 Å². The molecule has 0 bridgehead atoms. The minimum absolute atomic E-state index is 0.0124. The highest BCUT2D eigenvalue weighted by Crippen LogP contribution is 2.20. The van der Waals surface area contributed by atoms with Gasteiger partial charge in [-0.3, -0.25) is 14.3 Å². The van der Waals surface area contributed by atoms with Crippen LogP contribution in [-0.4, -0.2) is 38.9 Å². The van der Waals surface area contributed by atoms with Gasteiger partial charge in [-0.05, 0) is 76.2 Å². The van der Waals surface area contributed by atoms with Gasteiger partial charge in [-0.25, -0.2) is 8.42 Å². The van der Waals surface area contributed by atoms with Crippen LogP contribution in [0.5, 0.6) is 5.75 Å². The van der Waals surface area contributed by atoms with E-state index in [1.54, 1.807) is 24.3 Å². The molecule has 162 valence electrons. The number of carbonyl (C=O) groups is 2. The van der Waals surface area contributed by atoms with E-state index in [1.165, 1.54) is 24.3 Å². The minimum atomic E-state index is -3.81. The molecule has 2 aromatic carbocycles. The van der Waals surface area contributed by atoms with Gasteiger partial charge in [0.1, 0.15) is 5.75 Å². The van der Waals surface area contributed by atoms with Gasteiger partial charge >= 0.3 is 0 Å². The van der Waals surface area contributed by atoms with E-state index < -0.39 is 21.5 Å². The number of amides is 2. The van der Waals surface area contributed by atoms with Gasteiger partial charge in [-0.1, -0.05) is 0 Å². The lowest BCUT2D eigenvalue weighted by molar-refractivity contribution is -0.121. The monoisotopic (exact) mass is 433 g/mol. The first-order valence-corrected chi connectivity index (χ1v) is 10.9. The van der Waals surface area contributed by atoms with E-state index in [4.69, 9.17) is 4.74 Å². The average molecular weight is 434 g/mol. The molecule has 0 saturated heterocycles. The molecule has 9 heteroatoms. The second-order valence-electron chi connectivity index (χ2n) is 7.57. The van der Waals surface area contributed by atoms with Crippen molar-refractivity contribution in [3.8, 4) is 5.75 Å². The van der Waals surface area contributed by atoms with E-state index in [9.17, 15) is 18.0 Å². The van der Waals surface area contributed by atoms with Gasteiger partial charge in [-0.2, -0.15) is 0 Å². The molecule has 0 spiro atoms. The third-order valence-electron chi connectivity index (χ3n) is 3.77. The van der Waals surface area contributed by atoms with Crippen molar-refractivity contribution >= 4 is 27.5 Å². The largest absolute Gasteiger partial charge is 0.494 e. The zero-order valence-corrected chi connectivity index (χ0v) is 18.3. The van der Waals surface area contributed by atoms with Crippen LogP contribution in [0.15, 0.2) is 53.4 Å². The van der Waals surface area contributed by atoms with Crippen LogP contribution in [0.1, 0.15) is 38.1 Å². The quantitative estimate of drug-likeness (QED) is 0.592. The number of benzene rings is 2. The van der Waals surface area contributed by atoms with Crippen LogP contribution in [0.4, 0.5) is 5.69 Å². The summed E-state index contributed by atoms with van der Waals surface area (Å²) < 4.78 is 32.9. The molecule has 3 N–H and O–H groups in total. The summed E-state index contributed by atoms with van der Waals surface area (Å²) in [6.07, 6.45) is 0. The highest BCUT2D eigenvalue weighted by Gasteiger charge is 2.17. The Balaban J connectivity index is 1.99. The van der Waals surface area contributed by atoms with Crippen molar-refractivity contribution in [1.29, 1.82) is 0 Å². The molecule has 8 nitrogen and oxygen atoms in total. The Morgan fingerprint density at radius 3 is 2.10 bits per heavy atom. The fourth-order valence-electron chi connectivity index (χ4n) is 2.51. The lowest BCUT2D eigenvalue weighted by Gasteiger charge is -2.20. The number of anilines is 1. The van der Waals surface area contributed by atoms with Crippen LogP contribution in [0.2, 0.25) is 0 Å². The van der Waals surface area contributed by atoms with E-state index in [2.05, 4.69) is 15.4 Å². The van der Waals surface area contributed by atoms with Crippen LogP contribution in [0.3, 0.4) is 0 Å². The van der Waals surface area contributed by atoms with Gasteiger partial charge in [0.2, 0.25) is 5.91 Å². The molecule has 0 aliphatic rings. The highest BCUT2D eigenvalue weighted by atomic mass is 32.2. The maximum atomic E-state index is 12.5. The lowest BCUT2D eigenvalue weighted by Crippen LogP contribution is -2.45. The zero-order valence-electron chi connectivity index (χ0n) is 17.5. The molecule has 0 saturated carbocycles. The van der Waals surface area contributed by atoms with E-state index in [0.29, 0.717) is 18.0 Å². The lowest BCUT2D eigenvalue weighted by atomic mass is 10.1. The third kappa shape index (κ3) is 7.07. The number of rotatable bonds is 8. The van der Waals surface area contributed by atoms with Gasteiger partial charge < -0.3 is 15.4 Å². The normalized spacial score (nSPS) is 11.5. The molecular weight excluding hydrogens is 406 g/mol. The van der Waals surface area contributed by atoms with E-state index in [-0.39, 0.29) is 22.9 Å². The molecule has 2 aromatic rings. The summed E-state index contributed by atoms with van der Waals surface area (Å²) in [4.78, 5) is 24.0. The molecule has 0 atom stereocenters. The first-order valence-electron chi connectivity index (χ1n) is 9.45. The Hall–Kier alpha value is -3.07. The number of hydrogen-bond donors (Lipinski definition) is 3. The fraction of sp³-hybridized carbons (Fsp3) is 0.333. The Bertz CT molecular complexity index is 979. The molecule has 0 unspecified atom stereocenters. The number of carbonyl (C=O) groups excluding carboxylic acids is 2. The van der Waals surface area contributed by atoms with Gasteiger partial charge in [0.05, 0.1) is 18.0 Å². The smallest absolute Gasteiger partial charge is 0.261 e. The number of ether oxygens (including phenoxy) is 1. The zero-order chi connectivity index (χ0) is 22.4. The third-order valence-corrected chi connectivity index (χ3v) is 5.17. The van der Waals surface area contributed by atoms with Gasteiger partial charge in [-0.15, -0.1) is 0 Å². The van der Waals surface area contributed by atoms with Crippen molar-refractivity contribution in [2.75, 3.05) is 17.9 Å². The van der Waals surface area contributed by atoms with Crippen LogP contribution in [0, 0.1) is 0 Å². The highest BCUT2D eigenvalue weighted by molar-refractivity contribution is 7.92. The van der Waals surface area contributed by atoms with Crippen LogP contribution in [-0.2, 0) is 14.8 Å². The topological polar surface area (TPSA) is 114 Å². The predicted octanol–water partition coefficient (Wildman–Crippen LogP) is 2.53. The van der Waals surface area contributed by atoms with Crippen molar-refractivity contribution in [2.45, 2.75) is 38.1 Å². The average Bonchev–Trinajstić information content (AvgIpc) is 2.66. The summed E-state index contributed by atoms with van der Waals surface area (Å²) in [6.45, 7) is 7.73. The first-order chi connectivity index (χ1) is 14.0. The minimum Gasteiger partial charge on any atom is -0.494 e. The van der Waals surface area contributed by atoms with Gasteiger partial charge in [0.25, 0.3) is 15.9 Å². The van der Waals surface area contributed by atoms with E-state index in [0.717, 1.165) is 0 Å². The Morgan fingerprint density at radius 2 is 1.57 bits per heavy atom. The number of sulfonamides is 1.